The predicted octanol–water partition coefficient (Wildman–Crippen LogP) is 6.39. The van der Waals surface area contributed by atoms with Crippen molar-refractivity contribution in [2.24, 2.45) is 7.05 Å². The molecule has 2 N–H and O–H groups in total. The van der Waals surface area contributed by atoms with Gasteiger partial charge in [-0.25, -0.2) is 4.98 Å². The van der Waals surface area contributed by atoms with Gasteiger partial charge in [-0.2, -0.15) is 0 Å². The lowest BCUT2D eigenvalue weighted by Gasteiger charge is -2.09. The molecule has 1 aliphatic rings. The molecule has 6 rings (SSSR count). The summed E-state index contributed by atoms with van der Waals surface area (Å²) >= 11 is 7.03. The van der Waals surface area contributed by atoms with Gasteiger partial charge in [0.25, 0.3) is 5.24 Å². The summed E-state index contributed by atoms with van der Waals surface area (Å²) in [6.07, 6.45) is 1.48. The van der Waals surface area contributed by atoms with Gasteiger partial charge in [-0.1, -0.05) is 59.8 Å². The van der Waals surface area contributed by atoms with Crippen LogP contribution in [0.5, 0.6) is 17.2 Å². The van der Waals surface area contributed by atoms with Gasteiger partial charge >= 0.3 is 0 Å². The summed E-state index contributed by atoms with van der Waals surface area (Å²) in [5.74, 6) is 2.56. The number of fused-ring (bicyclic) bond motifs is 1. The number of carbonyl (C=O) groups is 3. The van der Waals surface area contributed by atoms with Gasteiger partial charge in [-0.3, -0.25) is 19.7 Å². The van der Waals surface area contributed by atoms with E-state index >= 15 is 0 Å². The number of thioether (sulfide) groups is 1. The third kappa shape index (κ3) is 7.88. The lowest BCUT2D eigenvalue weighted by molar-refractivity contribution is -0.120. The number of imide groups is 1. The number of aromatic nitrogens is 2. The maximum absolute atomic E-state index is 12.3. The maximum atomic E-state index is 12.3. The average Bonchev–Trinajstić information content (AvgIpc) is 3.53. The fourth-order valence-electron chi connectivity index (χ4n) is 5.12. The van der Waals surface area contributed by atoms with Crippen LogP contribution in [-0.4, -0.2) is 38.4 Å². The lowest BCUT2D eigenvalue weighted by atomic mass is 10.1. The normalized spacial score (nSPS) is 14.3. The number of nitrogens with one attached hydrogen (secondary N) is 2. The zero-order valence-electron chi connectivity index (χ0n) is 25.0. The van der Waals surface area contributed by atoms with E-state index in [2.05, 4.69) is 10.6 Å². The number of imidazole rings is 1. The molecule has 0 bridgehead atoms. The quantitative estimate of drug-likeness (QED) is 0.160. The molecule has 1 aromatic heterocycles. The highest BCUT2D eigenvalue weighted by molar-refractivity contribution is 8.15. The molecule has 3 amide bonds. The fraction of sp³-hybridized carbons (Fsp3) is 0.200. The Kier molecular flexibility index (Phi) is 9.56. The van der Waals surface area contributed by atoms with Crippen molar-refractivity contribution in [3.63, 3.8) is 0 Å². The first-order chi connectivity index (χ1) is 22.3. The Morgan fingerprint density at radius 2 is 1.67 bits per heavy atom. The van der Waals surface area contributed by atoms with Gasteiger partial charge in [0.05, 0.1) is 22.7 Å². The Hall–Kier alpha value is -4.80. The number of amides is 3. The summed E-state index contributed by atoms with van der Waals surface area (Å²) in [5.41, 5.74) is 4.68. The van der Waals surface area contributed by atoms with Crippen molar-refractivity contribution in [3.8, 4) is 17.2 Å². The Morgan fingerprint density at radius 3 is 2.41 bits per heavy atom. The van der Waals surface area contributed by atoms with Gasteiger partial charge in [-0.15, -0.1) is 0 Å². The van der Waals surface area contributed by atoms with Crippen LogP contribution in [0.2, 0.25) is 5.02 Å². The summed E-state index contributed by atoms with van der Waals surface area (Å²) in [5, 5.41) is 5.20. The Balaban J connectivity index is 0.993. The van der Waals surface area contributed by atoms with E-state index in [4.69, 9.17) is 26.1 Å². The lowest BCUT2D eigenvalue weighted by Crippen LogP contribution is -2.27. The molecule has 1 aliphatic heterocycles. The molecule has 9 nitrogen and oxygen atoms in total. The van der Waals surface area contributed by atoms with E-state index < -0.39 is 5.25 Å². The number of carbonyl (C=O) groups excluding carboxylic acids is 3. The molecule has 234 valence electrons. The number of nitrogens with zero attached hydrogens (tertiary/aromatic N) is 2. The highest BCUT2D eigenvalue weighted by atomic mass is 35.5. The van der Waals surface area contributed by atoms with Gasteiger partial charge in [0.1, 0.15) is 29.7 Å². The van der Waals surface area contributed by atoms with Crippen molar-refractivity contribution in [3.05, 3.63) is 119 Å². The topological polar surface area (TPSA) is 112 Å². The third-order valence-electron chi connectivity index (χ3n) is 7.57. The average molecular weight is 655 g/mol. The van der Waals surface area contributed by atoms with Crippen molar-refractivity contribution in [1.29, 1.82) is 0 Å². The number of aryl methyl sites for hydroxylation is 1. The van der Waals surface area contributed by atoms with Crippen LogP contribution < -0.4 is 20.1 Å². The minimum atomic E-state index is -0.398. The molecule has 46 heavy (non-hydrogen) atoms. The van der Waals surface area contributed by atoms with Crippen LogP contribution >= 0.6 is 23.4 Å². The number of benzene rings is 4. The van der Waals surface area contributed by atoms with Gasteiger partial charge in [0.15, 0.2) is 0 Å². The number of hydrogen-bond donors (Lipinski definition) is 2. The van der Waals surface area contributed by atoms with Crippen molar-refractivity contribution in [1.82, 2.24) is 20.2 Å². The highest BCUT2D eigenvalue weighted by Gasteiger charge is 2.31. The second-order valence-electron chi connectivity index (χ2n) is 10.9. The Labute approximate surface area is 275 Å². The van der Waals surface area contributed by atoms with E-state index in [9.17, 15) is 14.4 Å². The summed E-state index contributed by atoms with van der Waals surface area (Å²) in [6.45, 7) is 0.815. The molecule has 0 radical (unpaired) electrons. The van der Waals surface area contributed by atoms with Crippen LogP contribution in [0, 0.1) is 0 Å². The summed E-state index contributed by atoms with van der Waals surface area (Å²) in [7, 11) is 1.94. The van der Waals surface area contributed by atoms with E-state index in [0.29, 0.717) is 48.1 Å². The summed E-state index contributed by atoms with van der Waals surface area (Å²) in [6, 6.07) is 28.4. The molecular formula is C35H31ClN4O5S. The fourth-order valence-corrected chi connectivity index (χ4v) is 6.20. The number of hydrogen-bond acceptors (Lipinski definition) is 7. The van der Waals surface area contributed by atoms with Crippen molar-refractivity contribution in [2.45, 2.75) is 31.1 Å². The first kappa shape index (κ1) is 31.2. The van der Waals surface area contributed by atoms with Crippen molar-refractivity contribution >= 4 is 51.4 Å². The molecule has 5 aromatic rings. The van der Waals surface area contributed by atoms with Gasteiger partial charge < -0.3 is 19.4 Å². The zero-order valence-corrected chi connectivity index (χ0v) is 26.6. The maximum Gasteiger partial charge on any atom is 0.286 e. The Bertz CT molecular complexity index is 1890. The number of rotatable bonds is 12. The molecule has 1 fully saturated rings. The SMILES string of the molecule is Cn1c(COc2ccc(CC3SC(=O)NC3=O)cc2)nc2ccc(Oc3ccc(CCNC(=O)Cc4cccc(Cl)c4)cc3)cc21. The zero-order chi connectivity index (χ0) is 32.0. The van der Waals surface area contributed by atoms with Crippen LogP contribution in [-0.2, 0) is 42.5 Å². The molecule has 4 aromatic carbocycles. The summed E-state index contributed by atoms with van der Waals surface area (Å²) in [4.78, 5) is 40.2. The first-order valence-electron chi connectivity index (χ1n) is 14.8. The van der Waals surface area contributed by atoms with Gasteiger partial charge in [-0.05, 0) is 78.1 Å². The monoisotopic (exact) mass is 654 g/mol. The van der Waals surface area contributed by atoms with Gasteiger partial charge in [0, 0.05) is 24.7 Å². The largest absolute Gasteiger partial charge is 0.486 e. The van der Waals surface area contributed by atoms with Crippen molar-refractivity contribution < 1.29 is 23.9 Å². The van der Waals surface area contributed by atoms with Crippen LogP contribution in [0.25, 0.3) is 11.0 Å². The molecule has 2 heterocycles. The molecule has 1 unspecified atom stereocenters. The van der Waals surface area contributed by atoms with Crippen LogP contribution in [0.4, 0.5) is 4.79 Å². The van der Waals surface area contributed by atoms with Gasteiger partial charge in [0.2, 0.25) is 11.8 Å². The summed E-state index contributed by atoms with van der Waals surface area (Å²) < 4.78 is 14.1. The second-order valence-corrected chi connectivity index (χ2v) is 12.5. The minimum Gasteiger partial charge on any atom is -0.486 e. The molecular weight excluding hydrogens is 624 g/mol. The molecule has 0 spiro atoms. The van der Waals surface area contributed by atoms with E-state index in [1.54, 1.807) is 12.1 Å². The second kappa shape index (κ2) is 14.1. The smallest absolute Gasteiger partial charge is 0.286 e. The van der Waals surface area contributed by atoms with E-state index in [-0.39, 0.29) is 23.7 Å². The molecule has 1 atom stereocenters. The number of ether oxygens (including phenoxy) is 2. The standard InChI is InChI=1S/C35H31ClN4O5S/c1-40-30-20-28(45-27-11-5-22(6-12-27)15-16-37-33(41)19-24-3-2-4-25(36)17-24)13-14-29(30)38-32(40)21-44-26-9-7-23(8-10-26)18-31-34(42)39-35(43)46-31/h2-14,17,20,31H,15-16,18-19,21H2,1H3,(H,37,41)(H,39,42,43). The molecule has 11 heteroatoms. The van der Waals surface area contributed by atoms with E-state index in [1.165, 1.54) is 0 Å². The molecule has 0 aliphatic carbocycles. The molecule has 0 saturated carbocycles. The number of halogens is 1. The van der Waals surface area contributed by atoms with Crippen molar-refractivity contribution in [2.75, 3.05) is 6.54 Å². The predicted molar refractivity (Wildman–Crippen MR) is 178 cm³/mol. The third-order valence-corrected chi connectivity index (χ3v) is 8.79. The van der Waals surface area contributed by atoms with Crippen LogP contribution in [0.3, 0.4) is 0 Å². The Morgan fingerprint density at radius 1 is 0.935 bits per heavy atom. The van der Waals surface area contributed by atoms with E-state index in [1.807, 2.05) is 90.5 Å². The highest BCUT2D eigenvalue weighted by Crippen LogP contribution is 2.27. The molecule has 1 saturated heterocycles. The van der Waals surface area contributed by atoms with E-state index in [0.717, 1.165) is 45.3 Å². The minimum absolute atomic E-state index is 0.0384. The van der Waals surface area contributed by atoms with Crippen LogP contribution in [0.1, 0.15) is 22.5 Å². The first-order valence-corrected chi connectivity index (χ1v) is 16.0. The van der Waals surface area contributed by atoms with Crippen LogP contribution in [0.15, 0.2) is 91.0 Å².